The maximum absolute atomic E-state index is 6.18. The molecule has 0 saturated carbocycles. The third-order valence-corrected chi connectivity index (χ3v) is 3.95. The van der Waals surface area contributed by atoms with Gasteiger partial charge in [-0.3, -0.25) is 0 Å². The average Bonchev–Trinajstić information content (AvgIpc) is 3.13. The van der Waals surface area contributed by atoms with Gasteiger partial charge >= 0.3 is 0 Å². The van der Waals surface area contributed by atoms with E-state index in [0.717, 1.165) is 30.0 Å². The summed E-state index contributed by atoms with van der Waals surface area (Å²) in [6.07, 6.45) is 0.973. The molecule has 4 rings (SSSR count). The molecule has 0 radical (unpaired) electrons. The molecule has 0 atom stereocenters. The molecular weight excluding hydrogens is 290 g/mol. The van der Waals surface area contributed by atoms with E-state index in [-0.39, 0.29) is 6.79 Å². The van der Waals surface area contributed by atoms with E-state index < -0.39 is 0 Å². The third kappa shape index (κ3) is 2.36. The van der Waals surface area contributed by atoms with Crippen LogP contribution in [0.1, 0.15) is 11.1 Å². The third-order valence-electron chi connectivity index (χ3n) is 3.67. The fourth-order valence-electron chi connectivity index (χ4n) is 2.62. The standard InChI is InChI=1S/C16H14ClNO3/c17-13-5-10(6-15-16(13)21-9-20-15)8-18-12-1-2-14-11(7-12)3-4-19-14/h1-2,5-7,18H,3-4,8-9H2. The predicted octanol–water partition coefficient (Wildman–Crippen LogP) is 3.62. The van der Waals surface area contributed by atoms with Gasteiger partial charge in [0.1, 0.15) is 5.75 Å². The Bertz CT molecular complexity index is 702. The minimum Gasteiger partial charge on any atom is -0.493 e. The summed E-state index contributed by atoms with van der Waals surface area (Å²) in [5.74, 6) is 2.34. The first-order chi connectivity index (χ1) is 10.3. The lowest BCUT2D eigenvalue weighted by Crippen LogP contribution is -2.00. The molecule has 0 aliphatic carbocycles. The van der Waals surface area contributed by atoms with Crippen molar-refractivity contribution in [2.24, 2.45) is 0 Å². The summed E-state index contributed by atoms with van der Waals surface area (Å²) in [5, 5.41) is 3.99. The smallest absolute Gasteiger partial charge is 0.231 e. The first kappa shape index (κ1) is 12.7. The van der Waals surface area contributed by atoms with Crippen molar-refractivity contribution in [3.63, 3.8) is 0 Å². The minimum atomic E-state index is 0.233. The van der Waals surface area contributed by atoms with Crippen LogP contribution in [0.2, 0.25) is 5.02 Å². The van der Waals surface area contributed by atoms with E-state index in [1.165, 1.54) is 5.56 Å². The lowest BCUT2D eigenvalue weighted by molar-refractivity contribution is 0.174. The zero-order chi connectivity index (χ0) is 14.2. The van der Waals surface area contributed by atoms with Crippen LogP contribution in [0.3, 0.4) is 0 Å². The van der Waals surface area contributed by atoms with Crippen molar-refractivity contribution < 1.29 is 14.2 Å². The van der Waals surface area contributed by atoms with Crippen molar-refractivity contribution >= 4 is 17.3 Å². The lowest BCUT2D eigenvalue weighted by atomic mass is 10.1. The second kappa shape index (κ2) is 5.04. The number of benzene rings is 2. The van der Waals surface area contributed by atoms with Gasteiger partial charge in [0.05, 0.1) is 11.6 Å². The summed E-state index contributed by atoms with van der Waals surface area (Å²) in [6.45, 7) is 1.68. The van der Waals surface area contributed by atoms with Gasteiger partial charge in [0, 0.05) is 18.7 Å². The molecule has 4 nitrogen and oxygen atoms in total. The average molecular weight is 304 g/mol. The molecule has 0 amide bonds. The normalized spacial score (nSPS) is 14.7. The van der Waals surface area contributed by atoms with Gasteiger partial charge in [-0.1, -0.05) is 11.6 Å². The molecule has 2 aromatic rings. The largest absolute Gasteiger partial charge is 0.493 e. The summed E-state index contributed by atoms with van der Waals surface area (Å²) >= 11 is 6.18. The SMILES string of the molecule is Clc1cc(CNc2ccc3c(c2)CCO3)cc2c1OCO2. The molecular formula is C16H14ClNO3. The molecule has 21 heavy (non-hydrogen) atoms. The molecule has 0 spiro atoms. The fourth-order valence-corrected chi connectivity index (χ4v) is 2.91. The topological polar surface area (TPSA) is 39.7 Å². The zero-order valence-corrected chi connectivity index (χ0v) is 12.1. The summed E-state index contributed by atoms with van der Waals surface area (Å²) in [6, 6.07) is 10.0. The van der Waals surface area contributed by atoms with Crippen LogP contribution in [-0.2, 0) is 13.0 Å². The second-order valence-electron chi connectivity index (χ2n) is 5.09. The Labute approximate surface area is 127 Å². The second-order valence-corrected chi connectivity index (χ2v) is 5.49. The van der Waals surface area contributed by atoms with Gasteiger partial charge in [0.15, 0.2) is 11.5 Å². The van der Waals surface area contributed by atoms with Crippen molar-refractivity contribution in [2.75, 3.05) is 18.7 Å². The van der Waals surface area contributed by atoms with Crippen LogP contribution in [0.4, 0.5) is 5.69 Å². The Morgan fingerprint density at radius 2 is 2.00 bits per heavy atom. The quantitative estimate of drug-likeness (QED) is 0.940. The Kier molecular flexibility index (Phi) is 3.04. The van der Waals surface area contributed by atoms with E-state index in [4.69, 9.17) is 25.8 Å². The Balaban J connectivity index is 1.51. The molecule has 2 aliphatic heterocycles. The van der Waals surface area contributed by atoms with E-state index in [2.05, 4.69) is 11.4 Å². The molecule has 1 N–H and O–H groups in total. The Morgan fingerprint density at radius 3 is 2.95 bits per heavy atom. The van der Waals surface area contributed by atoms with Crippen LogP contribution in [0.5, 0.6) is 17.2 Å². The fraction of sp³-hybridized carbons (Fsp3) is 0.250. The van der Waals surface area contributed by atoms with Gasteiger partial charge in [-0.2, -0.15) is 0 Å². The van der Waals surface area contributed by atoms with Gasteiger partial charge in [-0.15, -0.1) is 0 Å². The maximum Gasteiger partial charge on any atom is 0.231 e. The number of anilines is 1. The van der Waals surface area contributed by atoms with Gasteiger partial charge in [0.2, 0.25) is 6.79 Å². The van der Waals surface area contributed by atoms with E-state index >= 15 is 0 Å². The molecule has 2 aliphatic rings. The number of rotatable bonds is 3. The summed E-state index contributed by atoms with van der Waals surface area (Å²) in [5.41, 5.74) is 3.39. The van der Waals surface area contributed by atoms with Crippen LogP contribution < -0.4 is 19.5 Å². The van der Waals surface area contributed by atoms with Crippen LogP contribution in [0, 0.1) is 0 Å². The first-order valence-corrected chi connectivity index (χ1v) is 7.25. The van der Waals surface area contributed by atoms with Gasteiger partial charge in [-0.25, -0.2) is 0 Å². The lowest BCUT2D eigenvalue weighted by Gasteiger charge is -2.09. The number of hydrogen-bond donors (Lipinski definition) is 1. The van der Waals surface area contributed by atoms with E-state index in [1.807, 2.05) is 24.3 Å². The summed E-state index contributed by atoms with van der Waals surface area (Å²) in [7, 11) is 0. The number of hydrogen-bond acceptors (Lipinski definition) is 4. The molecule has 5 heteroatoms. The molecule has 0 aromatic heterocycles. The Hall–Kier alpha value is -2.07. The zero-order valence-electron chi connectivity index (χ0n) is 11.3. The molecule has 0 fully saturated rings. The number of fused-ring (bicyclic) bond motifs is 2. The Morgan fingerprint density at radius 1 is 1.05 bits per heavy atom. The van der Waals surface area contributed by atoms with Crippen LogP contribution in [-0.4, -0.2) is 13.4 Å². The first-order valence-electron chi connectivity index (χ1n) is 6.87. The predicted molar refractivity (Wildman–Crippen MR) is 80.5 cm³/mol. The highest BCUT2D eigenvalue weighted by atomic mass is 35.5. The summed E-state index contributed by atoms with van der Waals surface area (Å²) < 4.78 is 16.2. The highest BCUT2D eigenvalue weighted by Crippen LogP contribution is 2.40. The molecule has 0 bridgehead atoms. The number of ether oxygens (including phenoxy) is 3. The van der Waals surface area contributed by atoms with Crippen LogP contribution in [0.15, 0.2) is 30.3 Å². The van der Waals surface area contributed by atoms with E-state index in [9.17, 15) is 0 Å². The van der Waals surface area contributed by atoms with Crippen molar-refractivity contribution in [3.05, 3.63) is 46.5 Å². The van der Waals surface area contributed by atoms with Gasteiger partial charge < -0.3 is 19.5 Å². The van der Waals surface area contributed by atoms with Gasteiger partial charge in [0.25, 0.3) is 0 Å². The van der Waals surface area contributed by atoms with Crippen molar-refractivity contribution in [3.8, 4) is 17.2 Å². The van der Waals surface area contributed by atoms with E-state index in [1.54, 1.807) is 0 Å². The summed E-state index contributed by atoms with van der Waals surface area (Å²) in [4.78, 5) is 0. The van der Waals surface area contributed by atoms with Crippen molar-refractivity contribution in [2.45, 2.75) is 13.0 Å². The molecule has 2 aromatic carbocycles. The minimum absolute atomic E-state index is 0.233. The van der Waals surface area contributed by atoms with Gasteiger partial charge in [-0.05, 0) is 41.5 Å². The van der Waals surface area contributed by atoms with Crippen LogP contribution >= 0.6 is 11.6 Å². The highest BCUT2D eigenvalue weighted by molar-refractivity contribution is 6.32. The number of nitrogens with one attached hydrogen (secondary N) is 1. The van der Waals surface area contributed by atoms with Crippen molar-refractivity contribution in [1.82, 2.24) is 0 Å². The molecule has 0 saturated heterocycles. The molecule has 108 valence electrons. The monoisotopic (exact) mass is 303 g/mol. The molecule has 0 unspecified atom stereocenters. The highest BCUT2D eigenvalue weighted by Gasteiger charge is 2.18. The van der Waals surface area contributed by atoms with E-state index in [0.29, 0.717) is 23.1 Å². The maximum atomic E-state index is 6.18. The van der Waals surface area contributed by atoms with Crippen molar-refractivity contribution in [1.29, 1.82) is 0 Å². The number of halogens is 1. The molecule has 2 heterocycles. The van der Waals surface area contributed by atoms with Crippen LogP contribution in [0.25, 0.3) is 0 Å².